The summed E-state index contributed by atoms with van der Waals surface area (Å²) in [5.41, 5.74) is 1.83. The van der Waals surface area contributed by atoms with E-state index in [-0.39, 0.29) is 0 Å². The molecule has 0 atom stereocenters. The molecule has 0 heterocycles. The Bertz CT molecular complexity index is 944. The highest BCUT2D eigenvalue weighted by molar-refractivity contribution is 5.56. The molecule has 136 valence electrons. The van der Waals surface area contributed by atoms with E-state index in [4.69, 9.17) is 35.2 Å². The molecule has 0 fully saturated rings. The highest BCUT2D eigenvalue weighted by Gasteiger charge is 2.07. The lowest BCUT2D eigenvalue weighted by atomic mass is 10.2. The number of nitriles is 2. The molecule has 0 saturated heterocycles. The molecule has 0 radical (unpaired) electrons. The van der Waals surface area contributed by atoms with Crippen molar-refractivity contribution in [3.8, 4) is 24.5 Å². The van der Waals surface area contributed by atoms with Gasteiger partial charge in [-0.2, -0.15) is 10.5 Å². The molecular formula is C23H18N4O. The van der Waals surface area contributed by atoms with Crippen molar-refractivity contribution >= 4 is 17.5 Å². The van der Waals surface area contributed by atoms with Crippen LogP contribution in [-0.4, -0.2) is 10.7 Å². The van der Waals surface area contributed by atoms with Crippen molar-refractivity contribution in [2.24, 2.45) is 0 Å². The second-order valence-corrected chi connectivity index (χ2v) is 5.64. The summed E-state index contributed by atoms with van der Waals surface area (Å²) >= 11 is 0. The second-order valence-electron chi connectivity index (χ2n) is 5.64. The van der Waals surface area contributed by atoms with E-state index in [1.165, 1.54) is 19.9 Å². The Labute approximate surface area is 166 Å². The molecule has 0 amide bonds. The van der Waals surface area contributed by atoms with Crippen LogP contribution < -0.4 is 0 Å². The molecule has 0 unspecified atom stereocenters. The summed E-state index contributed by atoms with van der Waals surface area (Å²) in [6.07, 6.45) is 8.23. The van der Waals surface area contributed by atoms with Crippen molar-refractivity contribution in [1.29, 1.82) is 10.5 Å². The normalized spacial score (nSPS) is 8.93. The predicted octanol–water partition coefficient (Wildman–Crippen LogP) is 5.27. The van der Waals surface area contributed by atoms with Gasteiger partial charge in [-0.25, -0.2) is 9.69 Å². The van der Waals surface area contributed by atoms with Crippen LogP contribution in [0.1, 0.15) is 25.0 Å². The molecular weight excluding hydrogens is 348 g/mol. The van der Waals surface area contributed by atoms with Gasteiger partial charge in [-0.1, -0.05) is 54.5 Å². The number of aliphatic hydroxyl groups is 1. The van der Waals surface area contributed by atoms with Gasteiger partial charge in [-0.3, -0.25) is 0 Å². The Morgan fingerprint density at radius 1 is 0.964 bits per heavy atom. The van der Waals surface area contributed by atoms with Crippen molar-refractivity contribution in [1.82, 2.24) is 0 Å². The van der Waals surface area contributed by atoms with Gasteiger partial charge < -0.3 is 5.11 Å². The third-order valence-electron chi connectivity index (χ3n) is 2.81. The summed E-state index contributed by atoms with van der Waals surface area (Å²) < 4.78 is 0. The standard InChI is InChI=1S/C10H6N2.C9H5N.C4H7NO/c1-12-10-6-4-9(5-7-10)3-2-8-11;1-3-8-4-6-9(10-2)7-5-8;1-4(2,6)3-5/h2-7H;1,4-7H;6H,1-2H3/b3-2+;;. The molecule has 2 aromatic rings. The smallest absolute Gasteiger partial charge is 0.187 e. The van der Waals surface area contributed by atoms with Gasteiger partial charge in [0.2, 0.25) is 0 Å². The summed E-state index contributed by atoms with van der Waals surface area (Å²) in [5, 5.41) is 24.6. The minimum atomic E-state index is -1.15. The van der Waals surface area contributed by atoms with Gasteiger partial charge >= 0.3 is 0 Å². The summed E-state index contributed by atoms with van der Waals surface area (Å²) in [6.45, 7) is 16.2. The topological polar surface area (TPSA) is 76.5 Å². The van der Waals surface area contributed by atoms with E-state index in [2.05, 4.69) is 15.6 Å². The average molecular weight is 366 g/mol. The first kappa shape index (κ1) is 23.7. The van der Waals surface area contributed by atoms with E-state index in [0.29, 0.717) is 11.4 Å². The summed E-state index contributed by atoms with van der Waals surface area (Å²) in [5.74, 6) is 2.48. The Morgan fingerprint density at radius 2 is 1.39 bits per heavy atom. The molecule has 5 nitrogen and oxygen atoms in total. The van der Waals surface area contributed by atoms with Crippen LogP contribution in [0.25, 0.3) is 15.8 Å². The molecule has 0 bridgehead atoms. The molecule has 2 rings (SSSR count). The third-order valence-corrected chi connectivity index (χ3v) is 2.81. The molecule has 2 aromatic carbocycles. The Balaban J connectivity index is 0.000000414. The van der Waals surface area contributed by atoms with E-state index < -0.39 is 5.60 Å². The lowest BCUT2D eigenvalue weighted by molar-refractivity contribution is 0.141. The van der Waals surface area contributed by atoms with Gasteiger partial charge in [0, 0.05) is 11.6 Å². The minimum absolute atomic E-state index is 0.615. The van der Waals surface area contributed by atoms with Gasteiger partial charge in [0.25, 0.3) is 0 Å². The van der Waals surface area contributed by atoms with Crippen molar-refractivity contribution in [2.75, 3.05) is 0 Å². The fourth-order valence-electron chi connectivity index (χ4n) is 1.43. The molecule has 28 heavy (non-hydrogen) atoms. The quantitative estimate of drug-likeness (QED) is 0.323. The number of hydrogen-bond donors (Lipinski definition) is 1. The number of hydrogen-bond acceptors (Lipinski definition) is 3. The maximum atomic E-state index is 8.47. The van der Waals surface area contributed by atoms with Gasteiger partial charge in [0.05, 0.1) is 25.3 Å². The number of terminal acetylenes is 1. The summed E-state index contributed by atoms with van der Waals surface area (Å²) in [7, 11) is 0. The minimum Gasteiger partial charge on any atom is -0.376 e. The van der Waals surface area contributed by atoms with Crippen LogP contribution in [0, 0.1) is 48.2 Å². The molecule has 0 aliphatic rings. The molecule has 0 aliphatic heterocycles. The van der Waals surface area contributed by atoms with Crippen molar-refractivity contribution in [3.63, 3.8) is 0 Å². The number of rotatable bonds is 1. The molecule has 0 aliphatic carbocycles. The van der Waals surface area contributed by atoms with Crippen LogP contribution in [0.2, 0.25) is 0 Å². The SMILES string of the molecule is CC(C)(O)C#N.[C-]#[N+]c1ccc(/C=C/C#N)cc1.[C-]#[N+]c1ccc(C#C)cc1. The lowest BCUT2D eigenvalue weighted by Gasteiger charge is -2.00. The molecule has 0 spiro atoms. The van der Waals surface area contributed by atoms with Crippen molar-refractivity contribution < 1.29 is 5.11 Å². The van der Waals surface area contributed by atoms with Crippen molar-refractivity contribution in [3.05, 3.63) is 88.6 Å². The summed E-state index contributed by atoms with van der Waals surface area (Å²) in [4.78, 5) is 6.48. The lowest BCUT2D eigenvalue weighted by Crippen LogP contribution is -2.13. The van der Waals surface area contributed by atoms with Gasteiger partial charge in [-0.15, -0.1) is 6.42 Å². The predicted molar refractivity (Wildman–Crippen MR) is 110 cm³/mol. The van der Waals surface area contributed by atoms with E-state index >= 15 is 0 Å². The molecule has 5 heteroatoms. The van der Waals surface area contributed by atoms with Crippen LogP contribution in [0.3, 0.4) is 0 Å². The first-order valence-corrected chi connectivity index (χ1v) is 7.91. The van der Waals surface area contributed by atoms with E-state index in [1.807, 2.05) is 6.07 Å². The number of nitrogens with zero attached hydrogens (tertiary/aromatic N) is 4. The van der Waals surface area contributed by atoms with Gasteiger partial charge in [0.1, 0.15) is 5.60 Å². The summed E-state index contributed by atoms with van der Waals surface area (Å²) in [6, 6.07) is 17.6. The Kier molecular flexibility index (Phi) is 10.9. The monoisotopic (exact) mass is 366 g/mol. The van der Waals surface area contributed by atoms with Crippen LogP contribution in [0.4, 0.5) is 11.4 Å². The zero-order valence-electron chi connectivity index (χ0n) is 15.6. The fourth-order valence-corrected chi connectivity index (χ4v) is 1.43. The van der Waals surface area contributed by atoms with Crippen molar-refractivity contribution in [2.45, 2.75) is 19.4 Å². The van der Waals surface area contributed by atoms with E-state index in [1.54, 1.807) is 60.7 Å². The van der Waals surface area contributed by atoms with E-state index in [9.17, 15) is 0 Å². The van der Waals surface area contributed by atoms with Gasteiger partial charge in [0.15, 0.2) is 11.4 Å². The number of allylic oxidation sites excluding steroid dienone is 1. The molecule has 0 aromatic heterocycles. The zero-order chi connectivity index (χ0) is 21.4. The molecule has 1 N–H and O–H groups in total. The highest BCUT2D eigenvalue weighted by atomic mass is 16.3. The maximum Gasteiger partial charge on any atom is 0.187 e. The first-order chi connectivity index (χ1) is 13.3. The second kappa shape index (κ2) is 12.9. The van der Waals surface area contributed by atoms with Gasteiger partial charge in [-0.05, 0) is 25.5 Å². The molecule has 0 saturated carbocycles. The van der Waals surface area contributed by atoms with Crippen LogP contribution in [0.5, 0.6) is 0 Å². The van der Waals surface area contributed by atoms with Crippen LogP contribution in [0.15, 0.2) is 54.6 Å². The maximum absolute atomic E-state index is 8.47. The largest absolute Gasteiger partial charge is 0.376 e. The first-order valence-electron chi connectivity index (χ1n) is 7.91. The Hall–Kier alpha value is -4.34. The fraction of sp³-hybridized carbons (Fsp3) is 0.130. The highest BCUT2D eigenvalue weighted by Crippen LogP contribution is 2.13. The van der Waals surface area contributed by atoms with E-state index in [0.717, 1.165) is 11.1 Å². The van der Waals surface area contributed by atoms with Crippen LogP contribution >= 0.6 is 0 Å². The van der Waals surface area contributed by atoms with Crippen LogP contribution in [-0.2, 0) is 0 Å². The average Bonchev–Trinajstić information content (AvgIpc) is 2.73. The number of benzene rings is 2. The third kappa shape index (κ3) is 11.3. The zero-order valence-corrected chi connectivity index (χ0v) is 15.6. The Morgan fingerprint density at radius 3 is 1.71 bits per heavy atom.